The Morgan fingerprint density at radius 3 is 0.435 bits per heavy atom. The van der Waals surface area contributed by atoms with Gasteiger partial charge in [0.1, 0.15) is 0 Å². The van der Waals surface area contributed by atoms with E-state index in [4.69, 9.17) is 0 Å². The van der Waals surface area contributed by atoms with Crippen LogP contribution in [0.4, 0.5) is 123 Å². The predicted octanol–water partition coefficient (Wildman–Crippen LogP) is 9.33. The van der Waals surface area contributed by atoms with E-state index in [9.17, 15) is 123 Å². The summed E-state index contributed by atoms with van der Waals surface area (Å²) < 4.78 is 344. The van der Waals surface area contributed by atoms with Crippen molar-refractivity contribution in [3.63, 3.8) is 0 Å². The first-order valence-corrected chi connectivity index (χ1v) is 9.93. The van der Waals surface area contributed by atoms with E-state index in [1.54, 1.807) is 0 Å². The molecule has 0 rings (SSSR count). The van der Waals surface area contributed by atoms with Gasteiger partial charge >= 0.3 is 48.4 Å². The van der Waals surface area contributed by atoms with Crippen molar-refractivity contribution in [3.8, 4) is 0 Å². The Kier molecular flexibility index (Phi) is 14.6. The normalized spacial score (nSPS) is 20.1. The third-order valence-corrected chi connectivity index (χ3v) is 4.19. The van der Waals surface area contributed by atoms with Gasteiger partial charge in [-0.3, -0.25) is 0 Å². The van der Waals surface area contributed by atoms with Crippen LogP contribution in [0.1, 0.15) is 0 Å². The summed E-state index contributed by atoms with van der Waals surface area (Å²) in [6.45, 7) is 0. The maximum Gasteiger partial charge on any atom is 0.425 e. The Bertz CT molecular complexity index is 772. The first-order valence-electron chi connectivity index (χ1n) is 9.93. The average Bonchev–Trinajstić information content (AvgIpc) is 2.84. The minimum atomic E-state index is -6.43. The maximum absolute atomic E-state index is 12.6. The highest BCUT2D eigenvalue weighted by molar-refractivity contribution is 4.91. The molecule has 0 amide bonds. The molecule has 0 N–H and O–H groups in total. The minimum Gasteiger partial charge on any atom is -0.303 e. The van der Waals surface area contributed by atoms with Gasteiger partial charge in [-0.15, -0.1) is 0 Å². The van der Waals surface area contributed by atoms with Crippen molar-refractivity contribution in [2.75, 3.05) is 0 Å². The van der Waals surface area contributed by atoms with Gasteiger partial charge in [-0.25, -0.2) is 35.1 Å². The summed E-state index contributed by atoms with van der Waals surface area (Å²) in [4.78, 5) is 0. The van der Waals surface area contributed by atoms with Gasteiger partial charge in [0, 0.05) is 0 Å². The molecule has 30 heteroatoms. The van der Waals surface area contributed by atoms with Crippen LogP contribution in [0.15, 0.2) is 0 Å². The summed E-state index contributed by atoms with van der Waals surface area (Å²) in [6.07, 6.45) is -67.5. The third kappa shape index (κ3) is 11.6. The topological polar surface area (TPSA) is 18.5 Å². The van der Waals surface area contributed by atoms with Gasteiger partial charge in [0.05, 0.1) is 0 Å². The van der Waals surface area contributed by atoms with E-state index in [2.05, 4.69) is 9.47 Å². The molecule has 2 nitrogen and oxygen atoms in total. The Hall–Kier alpha value is -2.04. The molecule has 0 aliphatic rings. The molecular weight excluding hydrogens is 756 g/mol. The lowest BCUT2D eigenvalue weighted by molar-refractivity contribution is -0.348. The van der Waals surface area contributed by atoms with Gasteiger partial charge in [0.25, 0.3) is 50.1 Å². The molecule has 8 unspecified atom stereocenters. The number of halogens is 28. The SMILES string of the molecule is FC(OC(F)C(F)(F)C(F)C(F)(F)F)C(F)(F)C(F)C(F)(F)F.FC(OC(F)C(F)(F)C(F)C(F)(F)F)C(F)(F)C(F)C(F)(F)F. The van der Waals surface area contributed by atoms with Crippen molar-refractivity contribution >= 4 is 0 Å². The van der Waals surface area contributed by atoms with E-state index >= 15 is 0 Å². The van der Waals surface area contributed by atoms with Gasteiger partial charge in [-0.2, -0.15) is 87.8 Å². The third-order valence-electron chi connectivity index (χ3n) is 4.19. The molecule has 0 bridgehead atoms. The van der Waals surface area contributed by atoms with E-state index in [0.717, 1.165) is 0 Å². The molecule has 0 radical (unpaired) electrons. The predicted molar refractivity (Wildman–Crippen MR) is 85.3 cm³/mol. The zero-order chi connectivity index (χ0) is 38.0. The van der Waals surface area contributed by atoms with E-state index in [-0.39, 0.29) is 0 Å². The zero-order valence-corrected chi connectivity index (χ0v) is 20.0. The first kappa shape index (κ1) is 46.1. The quantitative estimate of drug-likeness (QED) is 0.185. The summed E-state index contributed by atoms with van der Waals surface area (Å²) in [6, 6.07) is 0. The fourth-order valence-corrected chi connectivity index (χ4v) is 1.91. The lowest BCUT2D eigenvalue weighted by atomic mass is 10.2. The van der Waals surface area contributed by atoms with Crippen molar-refractivity contribution in [1.82, 2.24) is 0 Å². The molecule has 0 saturated carbocycles. The number of rotatable bonds is 12. The van der Waals surface area contributed by atoms with Crippen LogP contribution in [0.25, 0.3) is 0 Å². The van der Waals surface area contributed by atoms with Crippen LogP contribution in [-0.4, -0.2) is 98.5 Å². The Balaban J connectivity index is 0. The Morgan fingerprint density at radius 2 is 0.348 bits per heavy atom. The monoisotopic (exact) mass is 764 g/mol. The van der Waals surface area contributed by atoms with Crippen molar-refractivity contribution < 1.29 is 132 Å². The summed E-state index contributed by atoms with van der Waals surface area (Å²) in [5.74, 6) is -25.2. The highest BCUT2D eigenvalue weighted by Gasteiger charge is 2.68. The molecule has 0 aromatic heterocycles. The molecule has 46 heavy (non-hydrogen) atoms. The summed E-state index contributed by atoms with van der Waals surface area (Å²) in [5, 5.41) is 0. The summed E-state index contributed by atoms with van der Waals surface area (Å²) in [7, 11) is 0. The summed E-state index contributed by atoms with van der Waals surface area (Å²) in [5.41, 5.74) is 0. The molecule has 8 atom stereocenters. The van der Waals surface area contributed by atoms with Crippen LogP contribution in [0.2, 0.25) is 0 Å². The lowest BCUT2D eigenvalue weighted by Gasteiger charge is -2.29. The number of hydrogen-bond donors (Lipinski definition) is 0. The molecular formula is C16H8F28O2. The lowest BCUT2D eigenvalue weighted by Crippen LogP contribution is -2.54. The van der Waals surface area contributed by atoms with Gasteiger partial charge in [-0.05, 0) is 0 Å². The van der Waals surface area contributed by atoms with Gasteiger partial charge in [0.15, 0.2) is 0 Å². The molecule has 0 spiro atoms. The zero-order valence-electron chi connectivity index (χ0n) is 20.0. The molecule has 0 aliphatic heterocycles. The van der Waals surface area contributed by atoms with E-state index in [1.807, 2.05) is 0 Å². The van der Waals surface area contributed by atoms with Crippen molar-refractivity contribution in [3.05, 3.63) is 0 Å². The molecule has 0 fully saturated rings. The van der Waals surface area contributed by atoms with Crippen molar-refractivity contribution in [2.45, 2.75) is 98.5 Å². The van der Waals surface area contributed by atoms with Crippen LogP contribution in [0.3, 0.4) is 0 Å². The number of hydrogen-bond acceptors (Lipinski definition) is 2. The number of alkyl halides is 28. The molecule has 0 heterocycles. The van der Waals surface area contributed by atoms with Crippen LogP contribution in [0.5, 0.6) is 0 Å². The van der Waals surface area contributed by atoms with Crippen molar-refractivity contribution in [1.29, 1.82) is 0 Å². The summed E-state index contributed by atoms with van der Waals surface area (Å²) >= 11 is 0. The Morgan fingerprint density at radius 1 is 0.239 bits per heavy atom. The van der Waals surface area contributed by atoms with E-state index in [0.29, 0.717) is 0 Å². The molecule has 0 aromatic carbocycles. The van der Waals surface area contributed by atoms with Gasteiger partial charge in [-0.1, -0.05) is 0 Å². The fraction of sp³-hybridized carbons (Fsp3) is 1.00. The van der Waals surface area contributed by atoms with Crippen LogP contribution in [0, 0.1) is 0 Å². The van der Waals surface area contributed by atoms with Gasteiger partial charge < -0.3 is 9.47 Å². The largest absolute Gasteiger partial charge is 0.425 e. The van der Waals surface area contributed by atoms with Crippen LogP contribution in [-0.2, 0) is 9.47 Å². The smallest absolute Gasteiger partial charge is 0.303 e. The highest BCUT2D eigenvalue weighted by atomic mass is 19.4. The minimum absolute atomic E-state index is 2.30. The highest BCUT2D eigenvalue weighted by Crippen LogP contribution is 2.44. The number of ether oxygens (including phenoxy) is 2. The van der Waals surface area contributed by atoms with E-state index in [1.165, 1.54) is 0 Å². The Labute approximate surface area is 232 Å². The molecule has 0 aromatic rings. The maximum atomic E-state index is 12.6. The second-order valence-corrected chi connectivity index (χ2v) is 7.85. The van der Waals surface area contributed by atoms with Crippen LogP contribution >= 0.6 is 0 Å². The van der Waals surface area contributed by atoms with E-state index < -0.39 is 98.5 Å². The second kappa shape index (κ2) is 14.6. The molecule has 0 aliphatic carbocycles. The second-order valence-electron chi connectivity index (χ2n) is 7.85. The first-order chi connectivity index (χ1) is 19.7. The average molecular weight is 764 g/mol. The standard InChI is InChI=1S/2C8H4F14O/c2*9-1(7(17,18)19)5(13,14)3(11)23-4(12)6(15,16)2(10)8(20,21)22/h2*1-4H. The molecule has 280 valence electrons. The fourth-order valence-electron chi connectivity index (χ4n) is 1.91. The molecule has 0 saturated heterocycles. The van der Waals surface area contributed by atoms with Crippen LogP contribution < -0.4 is 0 Å². The van der Waals surface area contributed by atoms with Crippen molar-refractivity contribution in [2.24, 2.45) is 0 Å². The van der Waals surface area contributed by atoms with Gasteiger partial charge in [0.2, 0.25) is 0 Å².